The van der Waals surface area contributed by atoms with E-state index in [9.17, 15) is 0 Å². The molecule has 1 fully saturated rings. The van der Waals surface area contributed by atoms with E-state index in [1.165, 1.54) is 18.4 Å². The van der Waals surface area contributed by atoms with Crippen LogP contribution in [0, 0.1) is 11.8 Å². The molecule has 11 heteroatoms. The van der Waals surface area contributed by atoms with E-state index in [2.05, 4.69) is 40.4 Å². The molecule has 7 N–H and O–H groups in total. The smallest absolute Gasteiger partial charge is 0.153 e. The van der Waals surface area contributed by atoms with Gasteiger partial charge in [-0.3, -0.25) is 0 Å². The molecule has 2 aliphatic heterocycles. The van der Waals surface area contributed by atoms with E-state index in [0.29, 0.717) is 23.5 Å². The van der Waals surface area contributed by atoms with E-state index in [-0.39, 0.29) is 49.4 Å². The highest BCUT2D eigenvalue weighted by atomic mass is 35.5. The summed E-state index contributed by atoms with van der Waals surface area (Å²) in [6, 6.07) is 12.2. The maximum absolute atomic E-state index is 7.00. The SMILES string of the molecule is CC1Oc2ccc(CNCC3CCCC(C(C)(N)c4ccc5c(c4)N=C(N)C(C)O5)C3)cc2N=C1N.Cl.Cl.Cl. The molecule has 216 valence electrons. The Balaban J connectivity index is 0.00000178. The molecule has 39 heavy (non-hydrogen) atoms. The topological polar surface area (TPSA) is 133 Å². The van der Waals surface area contributed by atoms with Crippen molar-refractivity contribution in [2.45, 2.75) is 70.7 Å². The third kappa shape index (κ3) is 7.11. The fraction of sp³-hybridized carbons (Fsp3) is 0.500. The molecule has 5 unspecified atom stereocenters. The lowest BCUT2D eigenvalue weighted by Crippen LogP contribution is -2.44. The van der Waals surface area contributed by atoms with Crippen LogP contribution >= 0.6 is 37.2 Å². The molecule has 0 radical (unpaired) electrons. The Morgan fingerprint density at radius 2 is 1.49 bits per heavy atom. The van der Waals surface area contributed by atoms with Gasteiger partial charge in [0, 0.05) is 12.1 Å². The fourth-order valence-corrected chi connectivity index (χ4v) is 5.54. The van der Waals surface area contributed by atoms with Crippen molar-refractivity contribution < 1.29 is 9.47 Å². The number of amidine groups is 2. The Labute approximate surface area is 249 Å². The first kappa shape index (κ1) is 33.0. The van der Waals surface area contributed by atoms with Crippen LogP contribution in [0.1, 0.15) is 57.6 Å². The molecule has 5 rings (SSSR count). The molecule has 2 aromatic rings. The third-order valence-electron chi connectivity index (χ3n) is 7.94. The Hall–Kier alpha value is -2.23. The first-order valence-corrected chi connectivity index (χ1v) is 13.0. The molecule has 0 spiro atoms. The van der Waals surface area contributed by atoms with Gasteiger partial charge in [-0.1, -0.05) is 18.6 Å². The molecule has 0 bridgehead atoms. The average molecular weight is 600 g/mol. The largest absolute Gasteiger partial charge is 0.481 e. The van der Waals surface area contributed by atoms with Gasteiger partial charge in [0.05, 0.1) is 0 Å². The van der Waals surface area contributed by atoms with Crippen molar-refractivity contribution in [2.24, 2.45) is 39.0 Å². The monoisotopic (exact) mass is 598 g/mol. The molecule has 0 aromatic heterocycles. The van der Waals surface area contributed by atoms with Crippen LogP contribution in [0.4, 0.5) is 11.4 Å². The molecule has 5 atom stereocenters. The Morgan fingerprint density at radius 1 is 0.897 bits per heavy atom. The highest BCUT2D eigenvalue weighted by Gasteiger charge is 2.36. The molecule has 2 aromatic carbocycles. The first-order valence-electron chi connectivity index (χ1n) is 13.0. The van der Waals surface area contributed by atoms with Gasteiger partial charge in [0.25, 0.3) is 0 Å². The summed E-state index contributed by atoms with van der Waals surface area (Å²) >= 11 is 0. The second-order valence-corrected chi connectivity index (χ2v) is 10.7. The molecule has 0 amide bonds. The van der Waals surface area contributed by atoms with Gasteiger partial charge < -0.3 is 32.0 Å². The van der Waals surface area contributed by atoms with E-state index in [0.717, 1.165) is 54.4 Å². The Bertz CT molecular complexity index is 1210. The minimum Gasteiger partial charge on any atom is -0.481 e. The number of rotatable bonds is 6. The number of nitrogens with two attached hydrogens (primary N) is 3. The van der Waals surface area contributed by atoms with Gasteiger partial charge in [0.1, 0.15) is 34.5 Å². The van der Waals surface area contributed by atoms with Gasteiger partial charge >= 0.3 is 0 Å². The number of aliphatic imine (C=N–C) groups is 2. The number of halogens is 3. The molecule has 1 saturated carbocycles. The maximum atomic E-state index is 7.00. The zero-order valence-electron chi connectivity index (χ0n) is 22.7. The van der Waals surface area contributed by atoms with Crippen molar-refractivity contribution in [1.82, 2.24) is 5.32 Å². The van der Waals surface area contributed by atoms with E-state index in [1.807, 2.05) is 32.0 Å². The number of nitrogens with zero attached hydrogens (tertiary/aromatic N) is 2. The number of nitrogens with one attached hydrogen (secondary N) is 1. The van der Waals surface area contributed by atoms with E-state index >= 15 is 0 Å². The summed E-state index contributed by atoms with van der Waals surface area (Å²) in [6.45, 7) is 7.70. The van der Waals surface area contributed by atoms with Gasteiger partial charge in [0.2, 0.25) is 0 Å². The quantitative estimate of drug-likeness (QED) is 0.358. The first-order chi connectivity index (χ1) is 17.2. The van der Waals surface area contributed by atoms with Crippen molar-refractivity contribution >= 4 is 60.3 Å². The summed E-state index contributed by atoms with van der Waals surface area (Å²) in [6.07, 6.45) is 4.23. The van der Waals surface area contributed by atoms with Crippen LogP contribution in [-0.2, 0) is 12.1 Å². The highest BCUT2D eigenvalue weighted by Crippen LogP contribution is 2.42. The van der Waals surface area contributed by atoms with Crippen LogP contribution in [0.5, 0.6) is 11.5 Å². The van der Waals surface area contributed by atoms with Gasteiger partial charge in [0.15, 0.2) is 12.2 Å². The predicted octanol–water partition coefficient (Wildman–Crippen LogP) is 5.26. The third-order valence-corrected chi connectivity index (χ3v) is 7.94. The zero-order chi connectivity index (χ0) is 25.4. The molecule has 2 heterocycles. The second-order valence-electron chi connectivity index (χ2n) is 10.7. The van der Waals surface area contributed by atoms with E-state index in [1.54, 1.807) is 0 Å². The molecule has 3 aliphatic rings. The number of ether oxygens (including phenoxy) is 2. The zero-order valence-corrected chi connectivity index (χ0v) is 25.1. The Morgan fingerprint density at radius 3 is 2.13 bits per heavy atom. The van der Waals surface area contributed by atoms with Gasteiger partial charge in [-0.2, -0.15) is 0 Å². The van der Waals surface area contributed by atoms with Crippen molar-refractivity contribution in [3.63, 3.8) is 0 Å². The van der Waals surface area contributed by atoms with Crippen molar-refractivity contribution in [1.29, 1.82) is 0 Å². The standard InChI is InChI=1S/C28H38N6O2.3ClH/c1-16-26(29)33-22-12-19(7-9-24(22)35-16)15-32-14-18-5-4-6-20(11-18)28(3,31)21-8-10-25-23(13-21)34-27(30)17(2)36-25;;;/h7-10,12-13,16-18,20,32H,4-6,11,14-15,31H2,1-3H3,(H2,29,33)(H2,30,34);3*1H. The number of fused-ring (bicyclic) bond motifs is 2. The summed E-state index contributed by atoms with van der Waals surface area (Å²) in [5.41, 5.74) is 22.3. The minimum absolute atomic E-state index is 0. The summed E-state index contributed by atoms with van der Waals surface area (Å²) in [7, 11) is 0. The molecule has 8 nitrogen and oxygen atoms in total. The summed E-state index contributed by atoms with van der Waals surface area (Å²) in [4.78, 5) is 9.04. The number of benzene rings is 2. The van der Waals surface area contributed by atoms with Crippen LogP contribution < -0.4 is 32.0 Å². The minimum atomic E-state index is -0.450. The van der Waals surface area contributed by atoms with Crippen molar-refractivity contribution in [2.75, 3.05) is 6.54 Å². The number of hydrogen-bond donors (Lipinski definition) is 4. The van der Waals surface area contributed by atoms with Crippen LogP contribution in [0.2, 0.25) is 0 Å². The van der Waals surface area contributed by atoms with Crippen molar-refractivity contribution in [3.05, 3.63) is 47.5 Å². The summed E-state index contributed by atoms with van der Waals surface area (Å²) in [5, 5.41) is 3.65. The lowest BCUT2D eigenvalue weighted by molar-refractivity contribution is 0.174. The molecule has 0 saturated heterocycles. The predicted molar refractivity (Wildman–Crippen MR) is 166 cm³/mol. The maximum Gasteiger partial charge on any atom is 0.153 e. The lowest BCUT2D eigenvalue weighted by Gasteiger charge is -2.40. The molecular formula is C28H41Cl3N6O2. The average Bonchev–Trinajstić information content (AvgIpc) is 2.85. The van der Waals surface area contributed by atoms with Gasteiger partial charge in [-0.05, 0) is 93.8 Å². The second kappa shape index (κ2) is 13.4. The van der Waals surface area contributed by atoms with Gasteiger partial charge in [-0.25, -0.2) is 9.98 Å². The van der Waals surface area contributed by atoms with Crippen molar-refractivity contribution in [3.8, 4) is 11.5 Å². The molecule has 1 aliphatic carbocycles. The van der Waals surface area contributed by atoms with E-state index < -0.39 is 5.54 Å². The molecular weight excluding hydrogens is 559 g/mol. The number of hydrogen-bond acceptors (Lipinski definition) is 8. The summed E-state index contributed by atoms with van der Waals surface area (Å²) in [5.74, 6) is 3.53. The van der Waals surface area contributed by atoms with Crippen LogP contribution in [0.25, 0.3) is 0 Å². The van der Waals surface area contributed by atoms with Gasteiger partial charge in [-0.15, -0.1) is 37.2 Å². The fourth-order valence-electron chi connectivity index (χ4n) is 5.54. The summed E-state index contributed by atoms with van der Waals surface area (Å²) < 4.78 is 11.7. The highest BCUT2D eigenvalue weighted by molar-refractivity contribution is 5.90. The van der Waals surface area contributed by atoms with Crippen LogP contribution in [-0.4, -0.2) is 30.4 Å². The Kier molecular flexibility index (Phi) is 11.3. The lowest BCUT2D eigenvalue weighted by atomic mass is 9.69. The van der Waals surface area contributed by atoms with E-state index in [4.69, 9.17) is 26.7 Å². The van der Waals surface area contributed by atoms with Crippen LogP contribution in [0.15, 0.2) is 46.4 Å². The van der Waals surface area contributed by atoms with Crippen LogP contribution in [0.3, 0.4) is 0 Å². The normalized spacial score (nSPS) is 24.8.